The average molecular weight is 206 g/mol. The monoisotopic (exact) mass is 206 g/mol. The van der Waals surface area contributed by atoms with Gasteiger partial charge in [-0.15, -0.1) is 4.91 Å². The number of hydrogen-bond acceptors (Lipinski definition) is 3. The van der Waals surface area contributed by atoms with E-state index in [0.29, 0.717) is 6.54 Å². The van der Waals surface area contributed by atoms with Crippen LogP contribution in [-0.2, 0) is 4.79 Å². The molecule has 0 aliphatic carbocycles. The van der Waals surface area contributed by atoms with Gasteiger partial charge in [0.1, 0.15) is 0 Å². The highest BCUT2D eigenvalue weighted by Crippen LogP contribution is 2.37. The Bertz CT molecular complexity index is 405. The van der Waals surface area contributed by atoms with Gasteiger partial charge in [0.25, 0.3) is 0 Å². The number of aliphatic carboxylic acids is 1. The van der Waals surface area contributed by atoms with Crippen molar-refractivity contribution in [2.75, 3.05) is 11.6 Å². The van der Waals surface area contributed by atoms with Crippen molar-refractivity contribution in [2.24, 2.45) is 5.29 Å². The van der Waals surface area contributed by atoms with Crippen molar-refractivity contribution >= 4 is 11.7 Å². The zero-order valence-electron chi connectivity index (χ0n) is 7.96. The number of carboxylic acids is 1. The molecule has 0 amide bonds. The van der Waals surface area contributed by atoms with Gasteiger partial charge < -0.3 is 5.11 Å². The number of rotatable bonds is 3. The topological polar surface area (TPSA) is 70.0 Å². The summed E-state index contributed by atoms with van der Waals surface area (Å²) in [7, 11) is 0. The van der Waals surface area contributed by atoms with Crippen LogP contribution in [0.2, 0.25) is 0 Å². The minimum atomic E-state index is -0.859. The molecule has 2 rings (SSSR count). The third-order valence-electron chi connectivity index (χ3n) is 2.57. The summed E-state index contributed by atoms with van der Waals surface area (Å²) in [4.78, 5) is 21.2. The Kier molecular flexibility index (Phi) is 2.37. The fourth-order valence-electron chi connectivity index (χ4n) is 1.94. The third kappa shape index (κ3) is 1.68. The highest BCUT2D eigenvalue weighted by Gasteiger charge is 2.30. The van der Waals surface area contributed by atoms with Crippen LogP contribution in [0.5, 0.6) is 0 Å². The molecule has 1 aromatic carbocycles. The van der Waals surface area contributed by atoms with Crippen LogP contribution in [0.4, 0.5) is 5.69 Å². The molecule has 0 spiro atoms. The number of hydrogen-bond donors (Lipinski definition) is 1. The van der Waals surface area contributed by atoms with Crippen molar-refractivity contribution in [3.05, 3.63) is 34.7 Å². The van der Waals surface area contributed by atoms with E-state index < -0.39 is 5.97 Å². The first-order valence-corrected chi connectivity index (χ1v) is 4.64. The van der Waals surface area contributed by atoms with Gasteiger partial charge in [0.2, 0.25) is 0 Å². The molecule has 1 aliphatic rings. The first-order valence-electron chi connectivity index (χ1n) is 4.64. The van der Waals surface area contributed by atoms with E-state index in [4.69, 9.17) is 5.11 Å². The minimum Gasteiger partial charge on any atom is -0.481 e. The van der Waals surface area contributed by atoms with E-state index in [2.05, 4.69) is 5.29 Å². The quantitative estimate of drug-likeness (QED) is 0.765. The number of benzene rings is 1. The molecule has 0 radical (unpaired) electrons. The Morgan fingerprint density at radius 2 is 2.27 bits per heavy atom. The summed E-state index contributed by atoms with van der Waals surface area (Å²) in [6.45, 7) is 0.356. The lowest BCUT2D eigenvalue weighted by Crippen LogP contribution is -2.15. The third-order valence-corrected chi connectivity index (χ3v) is 2.57. The largest absolute Gasteiger partial charge is 0.481 e. The molecule has 1 unspecified atom stereocenters. The molecule has 1 aliphatic heterocycles. The molecule has 5 heteroatoms. The highest BCUT2D eigenvalue weighted by atomic mass is 16.4. The van der Waals surface area contributed by atoms with E-state index in [1.807, 2.05) is 12.1 Å². The molecule has 15 heavy (non-hydrogen) atoms. The molecule has 0 saturated heterocycles. The van der Waals surface area contributed by atoms with E-state index in [1.165, 1.54) is 5.01 Å². The number of nitroso groups, excluding NO2 is 1. The molecule has 1 heterocycles. The van der Waals surface area contributed by atoms with E-state index in [0.717, 1.165) is 11.3 Å². The molecule has 0 aromatic heterocycles. The zero-order valence-corrected chi connectivity index (χ0v) is 7.96. The molecule has 0 fully saturated rings. The summed E-state index contributed by atoms with van der Waals surface area (Å²) in [5.41, 5.74) is 1.61. The normalized spacial score (nSPS) is 18.7. The van der Waals surface area contributed by atoms with E-state index >= 15 is 0 Å². The maximum Gasteiger partial charge on any atom is 0.304 e. The van der Waals surface area contributed by atoms with Gasteiger partial charge in [-0.2, -0.15) is 0 Å². The Morgan fingerprint density at radius 1 is 1.53 bits per heavy atom. The predicted molar refractivity (Wildman–Crippen MR) is 54.6 cm³/mol. The van der Waals surface area contributed by atoms with Gasteiger partial charge in [-0.3, -0.25) is 4.79 Å². The standard InChI is InChI=1S/C10H10N2O3/c13-10(14)5-7-6-12(11-15)9-4-2-1-3-8(7)9/h1-4,7H,5-6H2,(H,13,14). The molecule has 78 valence electrons. The van der Waals surface area contributed by atoms with Crippen LogP contribution in [0.1, 0.15) is 17.9 Å². The predicted octanol–water partition coefficient (Wildman–Crippen LogP) is 1.75. The summed E-state index contributed by atoms with van der Waals surface area (Å²) in [5.74, 6) is -1.00. The SMILES string of the molecule is O=NN1CC(CC(=O)O)c2ccccc21. The number of nitrogens with zero attached hydrogens (tertiary/aromatic N) is 2. The van der Waals surface area contributed by atoms with E-state index in [1.54, 1.807) is 12.1 Å². The van der Waals surface area contributed by atoms with Gasteiger partial charge in [-0.25, -0.2) is 5.01 Å². The molecule has 0 saturated carbocycles. The van der Waals surface area contributed by atoms with Crippen LogP contribution in [0.3, 0.4) is 0 Å². The van der Waals surface area contributed by atoms with Gasteiger partial charge in [-0.05, 0) is 11.6 Å². The van der Waals surface area contributed by atoms with Crippen LogP contribution in [0.25, 0.3) is 0 Å². The number of anilines is 1. The van der Waals surface area contributed by atoms with E-state index in [9.17, 15) is 9.70 Å². The Labute approximate surface area is 86.3 Å². The molecule has 0 bridgehead atoms. The summed E-state index contributed by atoms with van der Waals surface area (Å²) in [6, 6.07) is 7.26. The van der Waals surface area contributed by atoms with Crippen LogP contribution in [0, 0.1) is 4.91 Å². The second-order valence-corrected chi connectivity index (χ2v) is 3.52. The lowest BCUT2D eigenvalue weighted by molar-refractivity contribution is -0.137. The van der Waals surface area contributed by atoms with Crippen LogP contribution in [0.15, 0.2) is 29.6 Å². The maximum absolute atomic E-state index is 10.6. The van der Waals surface area contributed by atoms with Crippen LogP contribution >= 0.6 is 0 Å². The Hall–Kier alpha value is -1.91. The number of para-hydroxylation sites is 1. The first kappa shape index (κ1) is 9.64. The van der Waals surface area contributed by atoms with Gasteiger partial charge in [-0.1, -0.05) is 18.2 Å². The summed E-state index contributed by atoms with van der Waals surface area (Å²) in [6.07, 6.45) is 0.0308. The summed E-state index contributed by atoms with van der Waals surface area (Å²) < 4.78 is 0. The van der Waals surface area contributed by atoms with Crippen molar-refractivity contribution in [3.63, 3.8) is 0 Å². The van der Waals surface area contributed by atoms with Crippen LogP contribution in [-0.4, -0.2) is 17.6 Å². The van der Waals surface area contributed by atoms with Gasteiger partial charge in [0.05, 0.1) is 23.9 Å². The van der Waals surface area contributed by atoms with Crippen LogP contribution < -0.4 is 5.01 Å². The van der Waals surface area contributed by atoms with Crippen molar-refractivity contribution in [1.29, 1.82) is 0 Å². The molecule has 5 nitrogen and oxygen atoms in total. The van der Waals surface area contributed by atoms with Gasteiger partial charge in [0.15, 0.2) is 0 Å². The second-order valence-electron chi connectivity index (χ2n) is 3.52. The number of fused-ring (bicyclic) bond motifs is 1. The second kappa shape index (κ2) is 3.68. The average Bonchev–Trinajstić information content (AvgIpc) is 2.56. The first-order chi connectivity index (χ1) is 7.22. The molecule has 1 aromatic rings. The van der Waals surface area contributed by atoms with Gasteiger partial charge in [0, 0.05) is 5.92 Å². The molecular formula is C10H10N2O3. The minimum absolute atomic E-state index is 0.0308. The Morgan fingerprint density at radius 3 is 2.93 bits per heavy atom. The van der Waals surface area contributed by atoms with E-state index in [-0.39, 0.29) is 12.3 Å². The number of carbonyl (C=O) groups is 1. The number of carboxylic acid groups (broad SMARTS) is 1. The molecule has 1 atom stereocenters. The fraction of sp³-hybridized carbons (Fsp3) is 0.300. The lowest BCUT2D eigenvalue weighted by Gasteiger charge is -2.06. The van der Waals surface area contributed by atoms with Crippen molar-refractivity contribution in [2.45, 2.75) is 12.3 Å². The van der Waals surface area contributed by atoms with Crippen molar-refractivity contribution in [1.82, 2.24) is 0 Å². The smallest absolute Gasteiger partial charge is 0.304 e. The summed E-state index contributed by atoms with van der Waals surface area (Å²) in [5, 5.41) is 12.9. The highest BCUT2D eigenvalue weighted by molar-refractivity contribution is 5.71. The molecular weight excluding hydrogens is 196 g/mol. The van der Waals surface area contributed by atoms with Crippen molar-refractivity contribution in [3.8, 4) is 0 Å². The summed E-state index contributed by atoms with van der Waals surface area (Å²) >= 11 is 0. The zero-order chi connectivity index (χ0) is 10.8. The van der Waals surface area contributed by atoms with Gasteiger partial charge >= 0.3 is 5.97 Å². The lowest BCUT2D eigenvalue weighted by atomic mass is 9.98. The molecule has 1 N–H and O–H groups in total. The fourth-order valence-corrected chi connectivity index (χ4v) is 1.94. The Balaban J connectivity index is 2.33. The van der Waals surface area contributed by atoms with Crippen molar-refractivity contribution < 1.29 is 9.90 Å². The maximum atomic E-state index is 10.6.